The Balaban J connectivity index is 1.97. The van der Waals surface area contributed by atoms with E-state index in [0.717, 1.165) is 0 Å². The van der Waals surface area contributed by atoms with E-state index < -0.39 is 53.0 Å². The molecule has 4 rings (SSSR count). The lowest BCUT2D eigenvalue weighted by Crippen LogP contribution is -2.45. The Kier molecular flexibility index (Phi) is 3.81. The number of carbonyl (C=O) groups is 3. The third-order valence-corrected chi connectivity index (χ3v) is 5.39. The van der Waals surface area contributed by atoms with Crippen LogP contribution in [0.15, 0.2) is 18.2 Å². The number of phenolic OH excluding ortho intramolecular Hbond substituents is 2. The van der Waals surface area contributed by atoms with Crippen molar-refractivity contribution in [1.82, 2.24) is 0 Å². The number of hydrogen-bond acceptors (Lipinski definition) is 8. The molecule has 0 unspecified atom stereocenters. The second-order valence-corrected chi connectivity index (χ2v) is 6.97. The molecule has 143 valence electrons. The molecular weight excluding hydrogens is 366 g/mol. The Bertz CT molecular complexity index is 1090. The van der Waals surface area contributed by atoms with Gasteiger partial charge in [0, 0.05) is 28.8 Å². The van der Waals surface area contributed by atoms with Crippen LogP contribution in [0.1, 0.15) is 49.4 Å². The monoisotopic (exact) mass is 382 g/mol. The van der Waals surface area contributed by atoms with Crippen LogP contribution in [0.25, 0.3) is 0 Å². The lowest BCUT2D eigenvalue weighted by Gasteiger charge is -2.34. The van der Waals surface area contributed by atoms with Crippen molar-refractivity contribution in [1.29, 1.82) is 0 Å². The smallest absolute Gasteiger partial charge is 0.200 e. The van der Waals surface area contributed by atoms with Crippen LogP contribution < -0.4 is 5.73 Å². The Morgan fingerprint density at radius 1 is 1.07 bits per heavy atom. The number of nitrogen functional groups attached to an aromatic ring is 1. The first kappa shape index (κ1) is 18.1. The standard InChI is InChI=1S/C20H16NO7/c21-11-3-1-2-9-13(11)19(27)15-14(17(9)25)18(26)10-6-20(28,12(23)7-22)5-4-8(10)16(15)24/h1-4,22,24,26,28H,5-7,21H2/t20-/m0/s1. The fraction of sp³-hybridized carbons (Fsp3) is 0.200. The molecule has 8 heteroatoms. The minimum absolute atomic E-state index is 0.00589. The summed E-state index contributed by atoms with van der Waals surface area (Å²) in [6.45, 7) is -0.901. The number of anilines is 1. The molecule has 2 aliphatic rings. The van der Waals surface area contributed by atoms with Crippen molar-refractivity contribution in [2.75, 3.05) is 12.3 Å². The number of hydrogen-bond donors (Lipinski definition) is 5. The molecule has 0 amide bonds. The SMILES string of the molecule is Nc1cccc2c1C(=O)c1c(O)c3c(c(O)c1C2=O)C[C@](O)(C(=O)CO)C[CH]3. The van der Waals surface area contributed by atoms with Gasteiger partial charge in [-0.1, -0.05) is 12.1 Å². The summed E-state index contributed by atoms with van der Waals surface area (Å²) < 4.78 is 0. The molecule has 1 radical (unpaired) electrons. The van der Waals surface area contributed by atoms with E-state index in [1.165, 1.54) is 24.6 Å². The number of fused-ring (bicyclic) bond motifs is 3. The molecule has 0 aromatic heterocycles. The van der Waals surface area contributed by atoms with Gasteiger partial charge in [0.25, 0.3) is 0 Å². The van der Waals surface area contributed by atoms with Gasteiger partial charge in [-0.05, 0) is 18.9 Å². The summed E-state index contributed by atoms with van der Waals surface area (Å²) in [4.78, 5) is 37.8. The minimum Gasteiger partial charge on any atom is -0.507 e. The van der Waals surface area contributed by atoms with Gasteiger partial charge in [-0.25, -0.2) is 0 Å². The first-order valence-corrected chi connectivity index (χ1v) is 8.49. The number of rotatable bonds is 2. The van der Waals surface area contributed by atoms with Crippen molar-refractivity contribution in [3.8, 4) is 11.5 Å². The maximum absolute atomic E-state index is 13.0. The zero-order chi connectivity index (χ0) is 20.4. The van der Waals surface area contributed by atoms with Crippen LogP contribution >= 0.6 is 0 Å². The van der Waals surface area contributed by atoms with E-state index in [1.807, 2.05) is 0 Å². The van der Waals surface area contributed by atoms with Crippen LogP contribution in [0.5, 0.6) is 11.5 Å². The van der Waals surface area contributed by atoms with Gasteiger partial charge in [-0.2, -0.15) is 0 Å². The highest BCUT2D eigenvalue weighted by Gasteiger charge is 2.45. The van der Waals surface area contributed by atoms with Crippen LogP contribution in [0, 0.1) is 6.42 Å². The fourth-order valence-electron chi connectivity index (χ4n) is 3.90. The summed E-state index contributed by atoms with van der Waals surface area (Å²) in [5.74, 6) is -3.36. The van der Waals surface area contributed by atoms with E-state index in [2.05, 4.69) is 0 Å². The third-order valence-electron chi connectivity index (χ3n) is 5.39. The van der Waals surface area contributed by atoms with Gasteiger partial charge in [0.1, 0.15) is 23.7 Å². The molecular formula is C20H16NO7. The minimum atomic E-state index is -1.98. The highest BCUT2D eigenvalue weighted by molar-refractivity contribution is 6.32. The molecule has 0 bridgehead atoms. The van der Waals surface area contributed by atoms with E-state index in [1.54, 1.807) is 0 Å². The summed E-state index contributed by atoms with van der Waals surface area (Å²) in [7, 11) is 0. The summed E-state index contributed by atoms with van der Waals surface area (Å²) >= 11 is 0. The van der Waals surface area contributed by atoms with Crippen molar-refractivity contribution < 1.29 is 34.8 Å². The van der Waals surface area contributed by atoms with Crippen LogP contribution in [0.4, 0.5) is 5.69 Å². The topological polar surface area (TPSA) is 158 Å². The second-order valence-electron chi connectivity index (χ2n) is 6.97. The molecule has 8 nitrogen and oxygen atoms in total. The van der Waals surface area contributed by atoms with Gasteiger partial charge >= 0.3 is 0 Å². The molecule has 0 heterocycles. The highest BCUT2D eigenvalue weighted by Crippen LogP contribution is 2.48. The second kappa shape index (κ2) is 5.88. The van der Waals surface area contributed by atoms with Gasteiger partial charge in [-0.15, -0.1) is 0 Å². The number of carbonyl (C=O) groups excluding carboxylic acids is 3. The van der Waals surface area contributed by atoms with Crippen molar-refractivity contribution in [2.45, 2.75) is 18.4 Å². The number of aliphatic hydroxyl groups is 2. The summed E-state index contributed by atoms with van der Waals surface area (Å²) in [6.07, 6.45) is 0.644. The van der Waals surface area contributed by atoms with E-state index in [-0.39, 0.29) is 39.9 Å². The Morgan fingerprint density at radius 3 is 2.43 bits per heavy atom. The van der Waals surface area contributed by atoms with Gasteiger partial charge in [-0.3, -0.25) is 14.4 Å². The Morgan fingerprint density at radius 2 is 1.75 bits per heavy atom. The number of nitrogens with two attached hydrogens (primary N) is 1. The predicted molar refractivity (Wildman–Crippen MR) is 96.3 cm³/mol. The van der Waals surface area contributed by atoms with Crippen molar-refractivity contribution in [3.05, 3.63) is 58.0 Å². The molecule has 0 spiro atoms. The molecule has 2 aromatic carbocycles. The zero-order valence-electron chi connectivity index (χ0n) is 14.5. The van der Waals surface area contributed by atoms with Crippen LogP contribution in [-0.4, -0.2) is 50.0 Å². The lowest BCUT2D eigenvalue weighted by atomic mass is 9.73. The average molecular weight is 382 g/mol. The quantitative estimate of drug-likeness (QED) is 0.312. The summed E-state index contributed by atoms with van der Waals surface area (Å²) in [5, 5.41) is 41.1. The van der Waals surface area contributed by atoms with Crippen LogP contribution in [0.3, 0.4) is 0 Å². The number of aromatic hydroxyl groups is 2. The van der Waals surface area contributed by atoms with Gasteiger partial charge in [0.2, 0.25) is 0 Å². The molecule has 0 saturated carbocycles. The third kappa shape index (κ3) is 2.22. The molecule has 0 aliphatic heterocycles. The first-order chi connectivity index (χ1) is 13.2. The van der Waals surface area contributed by atoms with Gasteiger partial charge < -0.3 is 26.2 Å². The summed E-state index contributed by atoms with van der Waals surface area (Å²) in [5.41, 5.74) is 3.15. The van der Waals surface area contributed by atoms with E-state index in [0.29, 0.717) is 0 Å². The van der Waals surface area contributed by atoms with E-state index >= 15 is 0 Å². The number of aliphatic hydroxyl groups excluding tert-OH is 1. The molecule has 0 saturated heterocycles. The number of ketones is 3. The van der Waals surface area contributed by atoms with Crippen LogP contribution in [0.2, 0.25) is 0 Å². The predicted octanol–water partition coefficient (Wildman–Crippen LogP) is 0.246. The molecule has 2 aliphatic carbocycles. The highest BCUT2D eigenvalue weighted by atomic mass is 16.3. The van der Waals surface area contributed by atoms with Crippen molar-refractivity contribution in [3.63, 3.8) is 0 Å². The van der Waals surface area contributed by atoms with Crippen molar-refractivity contribution in [2.24, 2.45) is 0 Å². The average Bonchev–Trinajstić information content (AvgIpc) is 2.67. The van der Waals surface area contributed by atoms with Gasteiger partial charge in [0.15, 0.2) is 17.3 Å². The molecule has 0 fully saturated rings. The van der Waals surface area contributed by atoms with Crippen molar-refractivity contribution >= 4 is 23.0 Å². The van der Waals surface area contributed by atoms with E-state index in [9.17, 15) is 29.7 Å². The van der Waals surface area contributed by atoms with Crippen LogP contribution in [-0.2, 0) is 11.2 Å². The molecule has 1 atom stereocenters. The normalized spacial score (nSPS) is 20.4. The number of phenols is 2. The zero-order valence-corrected chi connectivity index (χ0v) is 14.5. The Hall–Kier alpha value is -3.23. The molecule has 6 N–H and O–H groups in total. The fourth-order valence-corrected chi connectivity index (χ4v) is 3.90. The number of Topliss-reactive ketones (excluding diaryl/α,β-unsaturated/α-hetero) is 1. The molecule has 28 heavy (non-hydrogen) atoms. The Labute approximate surface area is 158 Å². The maximum Gasteiger partial charge on any atom is 0.200 e. The number of benzene rings is 2. The largest absolute Gasteiger partial charge is 0.507 e. The summed E-state index contributed by atoms with van der Waals surface area (Å²) in [6, 6.07) is 4.34. The first-order valence-electron chi connectivity index (χ1n) is 8.49. The van der Waals surface area contributed by atoms with E-state index in [4.69, 9.17) is 10.8 Å². The lowest BCUT2D eigenvalue weighted by molar-refractivity contribution is -0.140. The maximum atomic E-state index is 13.0. The van der Waals surface area contributed by atoms with Gasteiger partial charge in [0.05, 0.1) is 16.7 Å². The molecule has 2 aromatic rings.